The maximum absolute atomic E-state index is 15.4. The number of fused-ring (bicyclic) bond motifs is 1. The number of pyridine rings is 2. The first kappa shape index (κ1) is 21.9. The number of carbonyl (C=O) groups excluding carboxylic acids is 1. The fourth-order valence-electron chi connectivity index (χ4n) is 4.55. The van der Waals surface area contributed by atoms with Crippen molar-refractivity contribution < 1.29 is 10.6 Å². The van der Waals surface area contributed by atoms with E-state index < -0.39 is 5.82 Å². The molecule has 8 heteroatoms. The van der Waals surface area contributed by atoms with E-state index in [1.807, 2.05) is 36.3 Å². The third-order valence-corrected chi connectivity index (χ3v) is 6.59. The summed E-state index contributed by atoms with van der Waals surface area (Å²) in [6.07, 6.45) is 5.18. The zero-order chi connectivity index (χ0) is 25.4. The molecule has 180 valence electrons. The van der Waals surface area contributed by atoms with Gasteiger partial charge in [-0.15, -0.1) is 0 Å². The average Bonchev–Trinajstić information content (AvgIpc) is 3.30. The predicted molar refractivity (Wildman–Crippen MR) is 135 cm³/mol. The van der Waals surface area contributed by atoms with E-state index in [0.717, 1.165) is 29.6 Å². The monoisotopic (exact) mass is 473 g/mol. The van der Waals surface area contributed by atoms with Gasteiger partial charge >= 0.3 is 0 Å². The Morgan fingerprint density at radius 3 is 2.60 bits per heavy atom. The largest absolute Gasteiger partial charge is 0.352 e. The van der Waals surface area contributed by atoms with E-state index in [0.29, 0.717) is 30.2 Å². The number of carbonyl (C=O) groups is 1. The Hall–Kier alpha value is -3.65. The Labute approximate surface area is 205 Å². The van der Waals surface area contributed by atoms with Gasteiger partial charge in [0.15, 0.2) is 17.4 Å². The molecule has 1 aromatic carbocycles. The number of benzene rings is 1. The first-order chi connectivity index (χ1) is 17.3. The molecule has 0 spiro atoms. The molecule has 1 saturated heterocycles. The van der Waals surface area contributed by atoms with Crippen LogP contribution in [0.1, 0.15) is 31.3 Å². The Bertz CT molecular complexity index is 1430. The third-order valence-electron chi connectivity index (χ3n) is 6.59. The molecule has 0 unspecified atom stereocenters. The molecule has 0 amide bonds. The summed E-state index contributed by atoms with van der Waals surface area (Å²) >= 11 is 0. The SMILES string of the molecule is [2H]c1nc(CC(=O)c2ccnc(N3CCN(C(C)C)CC3)c2F)cc2cc(-c3cnn(C)c3)ccc12. The Morgan fingerprint density at radius 1 is 1.09 bits per heavy atom. The van der Waals surface area contributed by atoms with Crippen molar-refractivity contribution >= 4 is 22.4 Å². The summed E-state index contributed by atoms with van der Waals surface area (Å²) in [5.74, 6) is -0.754. The van der Waals surface area contributed by atoms with Gasteiger partial charge in [-0.1, -0.05) is 12.1 Å². The summed E-state index contributed by atoms with van der Waals surface area (Å²) in [6, 6.07) is 9.41. The lowest BCUT2D eigenvalue weighted by Crippen LogP contribution is -2.49. The second-order valence-corrected chi connectivity index (χ2v) is 9.28. The lowest BCUT2D eigenvalue weighted by atomic mass is 10.0. The molecule has 35 heavy (non-hydrogen) atoms. The van der Waals surface area contributed by atoms with Gasteiger partial charge in [0.2, 0.25) is 0 Å². The highest BCUT2D eigenvalue weighted by Gasteiger charge is 2.25. The van der Waals surface area contributed by atoms with Crippen LogP contribution >= 0.6 is 0 Å². The molecular weight excluding hydrogens is 443 g/mol. The number of rotatable bonds is 6. The van der Waals surface area contributed by atoms with Crippen molar-refractivity contribution in [3.05, 3.63) is 72.2 Å². The molecule has 5 rings (SSSR count). The van der Waals surface area contributed by atoms with Crippen LogP contribution in [0.5, 0.6) is 0 Å². The lowest BCUT2D eigenvalue weighted by Gasteiger charge is -2.37. The van der Waals surface area contributed by atoms with Crippen molar-refractivity contribution in [2.24, 2.45) is 7.05 Å². The average molecular weight is 474 g/mol. The van der Waals surface area contributed by atoms with Crippen LogP contribution in [0, 0.1) is 5.82 Å². The van der Waals surface area contributed by atoms with Crippen molar-refractivity contribution in [2.75, 3.05) is 31.1 Å². The van der Waals surface area contributed by atoms with Crippen molar-refractivity contribution in [2.45, 2.75) is 26.3 Å². The minimum absolute atomic E-state index is 0.00354. The highest BCUT2D eigenvalue weighted by atomic mass is 19.1. The van der Waals surface area contributed by atoms with E-state index in [1.165, 1.54) is 12.3 Å². The number of halogens is 1. The van der Waals surface area contributed by atoms with Crippen LogP contribution in [-0.2, 0) is 13.5 Å². The van der Waals surface area contributed by atoms with Crippen LogP contribution in [0.3, 0.4) is 0 Å². The van der Waals surface area contributed by atoms with Gasteiger partial charge in [0.25, 0.3) is 0 Å². The van der Waals surface area contributed by atoms with Gasteiger partial charge in [-0.25, -0.2) is 9.37 Å². The summed E-state index contributed by atoms with van der Waals surface area (Å²) in [6.45, 7) is 7.27. The van der Waals surface area contributed by atoms with Crippen LogP contribution in [0.4, 0.5) is 10.2 Å². The predicted octanol–water partition coefficient (Wildman–Crippen LogP) is 4.13. The second kappa shape index (κ2) is 9.54. The van der Waals surface area contributed by atoms with E-state index in [2.05, 4.69) is 33.8 Å². The number of hydrogen-bond donors (Lipinski definition) is 0. The van der Waals surface area contributed by atoms with Crippen LogP contribution in [0.2, 0.25) is 0 Å². The Morgan fingerprint density at radius 2 is 1.89 bits per heavy atom. The standard InChI is InChI=1S/C27H29FN6O/c1-18(2)33-8-10-34(11-9-33)27-26(28)24(6-7-29-27)25(35)14-23-13-21-12-19(4-5-20(21)15-30-23)22-16-31-32(3)17-22/h4-7,12-13,15-18H,8-11,14H2,1-3H3/i15D. The zero-order valence-corrected chi connectivity index (χ0v) is 20.2. The number of hydrogen-bond acceptors (Lipinski definition) is 6. The number of aryl methyl sites for hydroxylation is 1. The minimum Gasteiger partial charge on any atom is -0.352 e. The number of aromatic nitrogens is 4. The fraction of sp³-hybridized carbons (Fsp3) is 0.333. The Kier molecular flexibility index (Phi) is 5.96. The summed E-state index contributed by atoms with van der Waals surface area (Å²) in [5, 5.41) is 5.71. The van der Waals surface area contributed by atoms with Crippen molar-refractivity contribution in [1.29, 1.82) is 0 Å². The molecule has 0 N–H and O–H groups in total. The van der Waals surface area contributed by atoms with Crippen LogP contribution < -0.4 is 4.90 Å². The van der Waals surface area contributed by atoms with E-state index in [1.54, 1.807) is 16.9 Å². The third kappa shape index (κ3) is 4.79. The van der Waals surface area contributed by atoms with Crippen LogP contribution in [0.25, 0.3) is 21.9 Å². The lowest BCUT2D eigenvalue weighted by molar-refractivity contribution is 0.0988. The van der Waals surface area contributed by atoms with Gasteiger partial charge < -0.3 is 4.90 Å². The zero-order valence-electron chi connectivity index (χ0n) is 21.2. The highest BCUT2D eigenvalue weighted by molar-refractivity contribution is 5.98. The van der Waals surface area contributed by atoms with E-state index >= 15 is 4.39 Å². The summed E-state index contributed by atoms with van der Waals surface area (Å²) < 4.78 is 25.5. The number of anilines is 1. The summed E-state index contributed by atoms with van der Waals surface area (Å²) in [5.41, 5.74) is 2.36. The van der Waals surface area contributed by atoms with Gasteiger partial charge in [0, 0.05) is 74.5 Å². The topological polar surface area (TPSA) is 67.2 Å². The normalized spacial score (nSPS) is 15.1. The molecular formula is C27H29FN6O. The molecule has 0 radical (unpaired) electrons. The fourth-order valence-corrected chi connectivity index (χ4v) is 4.55. The van der Waals surface area contributed by atoms with Gasteiger partial charge in [0.1, 0.15) is 0 Å². The Balaban J connectivity index is 1.39. The maximum Gasteiger partial charge on any atom is 0.176 e. The molecule has 0 atom stereocenters. The van der Waals surface area contributed by atoms with Crippen LogP contribution in [-0.4, -0.2) is 62.7 Å². The van der Waals surface area contributed by atoms with E-state index in [4.69, 9.17) is 1.37 Å². The molecule has 0 aliphatic carbocycles. The molecule has 1 aliphatic heterocycles. The molecule has 1 fully saturated rings. The van der Waals surface area contributed by atoms with E-state index in [-0.39, 0.29) is 29.8 Å². The summed E-state index contributed by atoms with van der Waals surface area (Å²) in [7, 11) is 1.86. The molecule has 4 aromatic rings. The van der Waals surface area contributed by atoms with Crippen molar-refractivity contribution in [3.8, 4) is 11.1 Å². The van der Waals surface area contributed by atoms with Gasteiger partial charge in [-0.2, -0.15) is 5.10 Å². The number of piperazine rings is 1. The molecule has 1 aliphatic rings. The van der Waals surface area contributed by atoms with Crippen LogP contribution in [0.15, 0.2) is 55.1 Å². The first-order valence-corrected chi connectivity index (χ1v) is 11.9. The number of ketones is 1. The second-order valence-electron chi connectivity index (χ2n) is 9.28. The molecule has 0 bridgehead atoms. The van der Waals surface area contributed by atoms with Gasteiger partial charge in [-0.3, -0.25) is 19.4 Å². The minimum atomic E-state index is -0.591. The number of nitrogens with zero attached hydrogens (tertiary/aromatic N) is 6. The summed E-state index contributed by atoms with van der Waals surface area (Å²) in [4.78, 5) is 25.9. The first-order valence-electron chi connectivity index (χ1n) is 12.4. The quantitative estimate of drug-likeness (QED) is 0.393. The van der Waals surface area contributed by atoms with Crippen molar-refractivity contribution in [3.63, 3.8) is 0 Å². The highest BCUT2D eigenvalue weighted by Crippen LogP contribution is 2.26. The molecule has 7 nitrogen and oxygen atoms in total. The van der Waals surface area contributed by atoms with Gasteiger partial charge in [-0.05, 0) is 43.0 Å². The van der Waals surface area contributed by atoms with Crippen molar-refractivity contribution in [1.82, 2.24) is 24.6 Å². The molecule has 0 saturated carbocycles. The number of Topliss-reactive ketones (excluding diaryl/α,β-unsaturated/α-hetero) is 1. The van der Waals surface area contributed by atoms with E-state index in [9.17, 15) is 4.79 Å². The smallest absolute Gasteiger partial charge is 0.176 e. The molecule has 4 heterocycles. The maximum atomic E-state index is 15.4. The van der Waals surface area contributed by atoms with Gasteiger partial charge in [0.05, 0.1) is 19.6 Å². The molecule has 3 aromatic heterocycles.